The quantitative estimate of drug-likeness (QED) is 0.204. The number of hydrogen-bond acceptors (Lipinski definition) is 4. The summed E-state index contributed by atoms with van der Waals surface area (Å²) in [6.07, 6.45) is 5.59. The molecule has 7 aromatic rings. The van der Waals surface area contributed by atoms with Crippen LogP contribution in [0.5, 0.6) is 5.75 Å². The number of phenols is 1. The zero-order valence-corrected chi connectivity index (χ0v) is 30.6. The Morgan fingerprint density at radius 3 is 1.88 bits per heavy atom. The number of aromatic hydroxyl groups is 1. The first-order valence-electron chi connectivity index (χ1n) is 17.4. The molecule has 5 heteroatoms. The molecule has 7 rings (SSSR count). The number of phenolic OH excluding ortho intramolecular Hbond substituents is 1. The second kappa shape index (κ2) is 11.9. The molecule has 0 saturated heterocycles. The normalized spacial score (nSPS) is 12.6. The fourth-order valence-electron chi connectivity index (χ4n) is 6.63. The van der Waals surface area contributed by atoms with E-state index in [1.54, 1.807) is 6.07 Å². The smallest absolute Gasteiger partial charge is 0.149 e. The third kappa shape index (κ3) is 6.06. The number of imidazole rings is 1. The van der Waals surface area contributed by atoms with E-state index < -0.39 is 0 Å². The fraction of sp³-hybridized carbons (Fsp3) is 0.267. The van der Waals surface area contributed by atoms with E-state index in [9.17, 15) is 5.11 Å². The van der Waals surface area contributed by atoms with Gasteiger partial charge >= 0.3 is 0 Å². The molecule has 0 saturated carbocycles. The average molecular weight is 659 g/mol. The molecule has 252 valence electrons. The number of hydrogen-bond donors (Lipinski definition) is 1. The zero-order valence-electron chi connectivity index (χ0n) is 30.6. The second-order valence-corrected chi connectivity index (χ2v) is 16.5. The fourth-order valence-corrected chi connectivity index (χ4v) is 6.63. The molecule has 0 fully saturated rings. The Hall–Kier alpha value is -5.29. The molecule has 0 aliphatic rings. The van der Waals surface area contributed by atoms with Gasteiger partial charge in [0.1, 0.15) is 11.6 Å². The van der Waals surface area contributed by atoms with Crippen LogP contribution in [-0.2, 0) is 16.2 Å². The van der Waals surface area contributed by atoms with Crippen molar-refractivity contribution in [3.63, 3.8) is 0 Å². The van der Waals surface area contributed by atoms with Gasteiger partial charge in [0.25, 0.3) is 0 Å². The summed E-state index contributed by atoms with van der Waals surface area (Å²) in [5.41, 5.74) is 12.0. The summed E-state index contributed by atoms with van der Waals surface area (Å²) in [5, 5.41) is 12.5. The number of nitrogens with zero attached hydrogens (tertiary/aromatic N) is 4. The monoisotopic (exact) mass is 658 g/mol. The molecule has 50 heavy (non-hydrogen) atoms. The lowest BCUT2D eigenvalue weighted by atomic mass is 9.84. The van der Waals surface area contributed by atoms with Gasteiger partial charge in [0, 0.05) is 40.8 Å². The van der Waals surface area contributed by atoms with Crippen molar-refractivity contribution in [2.75, 3.05) is 0 Å². The maximum absolute atomic E-state index is 11.5. The lowest BCUT2D eigenvalue weighted by molar-refractivity contribution is 0.475. The lowest BCUT2D eigenvalue weighted by Gasteiger charge is -2.22. The summed E-state index contributed by atoms with van der Waals surface area (Å²) in [6.45, 7) is 20.0. The maximum atomic E-state index is 11.5. The van der Waals surface area contributed by atoms with E-state index in [0.29, 0.717) is 11.4 Å². The van der Waals surface area contributed by atoms with Crippen molar-refractivity contribution in [3.05, 3.63) is 126 Å². The van der Waals surface area contributed by atoms with Crippen LogP contribution in [-0.4, -0.2) is 24.6 Å². The molecule has 0 spiro atoms. The van der Waals surface area contributed by atoms with E-state index in [0.717, 1.165) is 55.4 Å². The molecular formula is C45H46N4O. The van der Waals surface area contributed by atoms with Crippen LogP contribution in [0.3, 0.4) is 0 Å². The van der Waals surface area contributed by atoms with Gasteiger partial charge in [-0.15, -0.1) is 0 Å². The average Bonchev–Trinajstić information content (AvgIpc) is 3.46. The Kier molecular flexibility index (Phi) is 7.93. The number of aromatic nitrogens is 4. The van der Waals surface area contributed by atoms with E-state index in [1.807, 2.05) is 36.8 Å². The van der Waals surface area contributed by atoms with Crippen molar-refractivity contribution in [2.24, 2.45) is 0 Å². The molecule has 0 radical (unpaired) electrons. The highest BCUT2D eigenvalue weighted by atomic mass is 16.3. The van der Waals surface area contributed by atoms with E-state index in [2.05, 4.69) is 139 Å². The highest BCUT2D eigenvalue weighted by molar-refractivity contribution is 5.99. The summed E-state index contributed by atoms with van der Waals surface area (Å²) in [6, 6.07) is 31.9. The van der Waals surface area contributed by atoms with Crippen LogP contribution in [0.25, 0.3) is 61.3 Å². The first-order valence-corrected chi connectivity index (χ1v) is 17.4. The van der Waals surface area contributed by atoms with E-state index in [4.69, 9.17) is 9.97 Å². The summed E-state index contributed by atoms with van der Waals surface area (Å²) in [5.74, 6) is 0.912. The Morgan fingerprint density at radius 1 is 0.560 bits per heavy atom. The Bertz CT molecular complexity index is 2370. The standard InChI is InChI=1S/C45H46N4O/c1-43(2,3)31-15-18-34(19-16-31)49-38-25-33(45(7,8)9)24-35(41(38)48-42(49)36-23-32(44(4,5)6)17-20-39(36)50)28-12-10-13-29(22-28)37-27-46-26-30-14-11-21-47-40(30)37/h10-27,50H,1-9H3. The van der Waals surface area contributed by atoms with Crippen LogP contribution in [0.4, 0.5) is 0 Å². The molecule has 1 N–H and O–H groups in total. The first-order chi connectivity index (χ1) is 23.6. The molecule has 0 amide bonds. The molecule has 0 aliphatic heterocycles. The van der Waals surface area contributed by atoms with Crippen LogP contribution in [0, 0.1) is 0 Å². The van der Waals surface area contributed by atoms with E-state index >= 15 is 0 Å². The molecule has 0 unspecified atom stereocenters. The van der Waals surface area contributed by atoms with Crippen molar-refractivity contribution < 1.29 is 5.11 Å². The van der Waals surface area contributed by atoms with Crippen LogP contribution in [0.2, 0.25) is 0 Å². The predicted octanol–water partition coefficient (Wildman–Crippen LogP) is 11.6. The van der Waals surface area contributed by atoms with Crippen LogP contribution >= 0.6 is 0 Å². The molecule has 5 nitrogen and oxygen atoms in total. The number of benzene rings is 4. The molecule has 3 heterocycles. The molecule has 0 aliphatic carbocycles. The third-order valence-electron chi connectivity index (χ3n) is 9.72. The van der Waals surface area contributed by atoms with Crippen molar-refractivity contribution >= 4 is 21.9 Å². The van der Waals surface area contributed by atoms with Crippen LogP contribution in [0.1, 0.15) is 79.0 Å². The van der Waals surface area contributed by atoms with E-state index in [-0.39, 0.29) is 22.0 Å². The molecular weight excluding hydrogens is 613 g/mol. The Morgan fingerprint density at radius 2 is 1.20 bits per heavy atom. The van der Waals surface area contributed by atoms with Crippen LogP contribution < -0.4 is 0 Å². The van der Waals surface area contributed by atoms with Crippen molar-refractivity contribution in [1.29, 1.82) is 0 Å². The van der Waals surface area contributed by atoms with Crippen molar-refractivity contribution in [3.8, 4) is 45.1 Å². The second-order valence-electron chi connectivity index (χ2n) is 16.5. The summed E-state index contributed by atoms with van der Waals surface area (Å²) in [7, 11) is 0. The Balaban J connectivity index is 1.55. The summed E-state index contributed by atoms with van der Waals surface area (Å²) in [4.78, 5) is 14.7. The Labute approximate surface area is 295 Å². The van der Waals surface area contributed by atoms with Crippen LogP contribution in [0.15, 0.2) is 110 Å². The van der Waals surface area contributed by atoms with Gasteiger partial charge in [0.05, 0.1) is 22.1 Å². The van der Waals surface area contributed by atoms with Gasteiger partial charge < -0.3 is 5.11 Å². The topological polar surface area (TPSA) is 63.8 Å². The van der Waals surface area contributed by atoms with Gasteiger partial charge in [-0.2, -0.15) is 0 Å². The number of fused-ring (bicyclic) bond motifs is 2. The van der Waals surface area contributed by atoms with Gasteiger partial charge in [-0.3, -0.25) is 14.5 Å². The van der Waals surface area contributed by atoms with Crippen molar-refractivity contribution in [2.45, 2.75) is 78.6 Å². The SMILES string of the molecule is CC(C)(C)c1ccc(-n2c(-c3cc(C(C)(C)C)ccc3O)nc3c(-c4cccc(-c5cncc6cccnc56)c4)cc(C(C)(C)C)cc32)cc1. The van der Waals surface area contributed by atoms with Crippen molar-refractivity contribution in [1.82, 2.24) is 19.5 Å². The molecule has 0 bridgehead atoms. The largest absolute Gasteiger partial charge is 0.507 e. The first kappa shape index (κ1) is 33.2. The van der Waals surface area contributed by atoms with Gasteiger partial charge in [0.2, 0.25) is 0 Å². The molecule has 4 aromatic carbocycles. The lowest BCUT2D eigenvalue weighted by Crippen LogP contribution is -2.12. The highest BCUT2D eigenvalue weighted by Crippen LogP contribution is 2.42. The minimum atomic E-state index is -0.135. The van der Waals surface area contributed by atoms with Gasteiger partial charge in [-0.05, 0) is 98.7 Å². The summed E-state index contributed by atoms with van der Waals surface area (Å²) >= 11 is 0. The maximum Gasteiger partial charge on any atom is 0.149 e. The summed E-state index contributed by atoms with van der Waals surface area (Å²) < 4.78 is 2.23. The minimum absolute atomic E-state index is 0.0182. The zero-order chi connectivity index (χ0) is 35.6. The van der Waals surface area contributed by atoms with E-state index in [1.165, 1.54) is 11.1 Å². The number of pyridine rings is 2. The number of rotatable bonds is 4. The predicted molar refractivity (Wildman–Crippen MR) is 208 cm³/mol. The highest BCUT2D eigenvalue weighted by Gasteiger charge is 2.26. The minimum Gasteiger partial charge on any atom is -0.507 e. The van der Waals surface area contributed by atoms with Gasteiger partial charge in [0.15, 0.2) is 0 Å². The third-order valence-corrected chi connectivity index (χ3v) is 9.72. The molecule has 0 atom stereocenters. The van der Waals surface area contributed by atoms with Gasteiger partial charge in [-0.25, -0.2) is 4.98 Å². The molecule has 3 aromatic heterocycles. The van der Waals surface area contributed by atoms with Gasteiger partial charge in [-0.1, -0.05) is 98.7 Å².